The smallest absolute Gasteiger partial charge is 0.189 e. The van der Waals surface area contributed by atoms with Gasteiger partial charge in [0.15, 0.2) is 11.9 Å². The molecule has 0 amide bonds. The molecule has 2 N–H and O–H groups in total. The molecule has 3 rings (SSSR count). The van der Waals surface area contributed by atoms with Crippen molar-refractivity contribution in [2.75, 3.05) is 12.5 Å². The van der Waals surface area contributed by atoms with Crippen LogP contribution in [0.3, 0.4) is 0 Å². The van der Waals surface area contributed by atoms with Crippen molar-refractivity contribution in [2.24, 2.45) is 5.92 Å². The molecule has 0 fully saturated rings. The van der Waals surface area contributed by atoms with Gasteiger partial charge in [0.25, 0.3) is 0 Å². The van der Waals surface area contributed by atoms with E-state index in [1.54, 1.807) is 11.3 Å². The van der Waals surface area contributed by atoms with E-state index in [9.17, 15) is 0 Å². The number of nitrogens with zero attached hydrogens (tertiary/aromatic N) is 1. The lowest BCUT2D eigenvalue weighted by Crippen LogP contribution is -2.12. The quantitative estimate of drug-likeness (QED) is 0.940. The monoisotopic (exact) mass is 290 g/mol. The van der Waals surface area contributed by atoms with E-state index in [0.717, 1.165) is 29.0 Å². The van der Waals surface area contributed by atoms with Crippen LogP contribution >= 0.6 is 11.3 Å². The Hall–Kier alpha value is -1.59. The first-order valence-corrected chi connectivity index (χ1v) is 7.54. The molecule has 1 aliphatic rings. The molecule has 4 nitrogen and oxygen atoms in total. The van der Waals surface area contributed by atoms with Crippen molar-refractivity contribution in [3.05, 3.63) is 28.6 Å². The van der Waals surface area contributed by atoms with Gasteiger partial charge in [-0.1, -0.05) is 26.0 Å². The number of benzene rings is 1. The third-order valence-electron chi connectivity index (χ3n) is 3.24. The summed E-state index contributed by atoms with van der Waals surface area (Å²) in [6, 6.07) is 6.03. The summed E-state index contributed by atoms with van der Waals surface area (Å²) in [6.45, 7) is 5.28. The Balaban J connectivity index is 2.09. The number of nitrogens with two attached hydrogens (primary N) is 1. The highest BCUT2D eigenvalue weighted by atomic mass is 32.1. The predicted octanol–water partition coefficient (Wildman–Crippen LogP) is 3.46. The van der Waals surface area contributed by atoms with E-state index >= 15 is 0 Å². The van der Waals surface area contributed by atoms with Crippen molar-refractivity contribution < 1.29 is 9.47 Å². The van der Waals surface area contributed by atoms with Gasteiger partial charge in [-0.2, -0.15) is 0 Å². The first-order valence-electron chi connectivity index (χ1n) is 6.73. The minimum atomic E-state index is 0.314. The zero-order valence-corrected chi connectivity index (χ0v) is 12.5. The summed E-state index contributed by atoms with van der Waals surface area (Å²) < 4.78 is 10.9. The van der Waals surface area contributed by atoms with Gasteiger partial charge in [-0.05, 0) is 18.4 Å². The molecule has 5 heteroatoms. The molecule has 0 bridgehead atoms. The molecule has 1 aromatic carbocycles. The summed E-state index contributed by atoms with van der Waals surface area (Å²) in [5, 5.41) is 0.617. The Morgan fingerprint density at radius 2 is 2.25 bits per heavy atom. The maximum atomic E-state index is 5.91. The lowest BCUT2D eigenvalue weighted by molar-refractivity contribution is -0.0160. The molecule has 0 spiro atoms. The van der Waals surface area contributed by atoms with Gasteiger partial charge >= 0.3 is 0 Å². The SMILES string of the molecule is CC(C)Cc1sc(N)nc1-c1cccc2c1COCO2. The standard InChI is InChI=1S/C15H18N2O2S/c1-9(2)6-13-14(17-15(16)20-13)10-4-3-5-12-11(10)7-18-8-19-12/h3-5,9H,6-8H2,1-2H3,(H2,16,17). The highest BCUT2D eigenvalue weighted by molar-refractivity contribution is 7.15. The Kier molecular flexibility index (Phi) is 3.63. The van der Waals surface area contributed by atoms with Gasteiger partial charge in [0.05, 0.1) is 12.3 Å². The van der Waals surface area contributed by atoms with Crippen LogP contribution in [0.25, 0.3) is 11.3 Å². The van der Waals surface area contributed by atoms with E-state index in [2.05, 4.69) is 24.9 Å². The summed E-state index contributed by atoms with van der Waals surface area (Å²) in [7, 11) is 0. The summed E-state index contributed by atoms with van der Waals surface area (Å²) in [5.41, 5.74) is 9.03. The molecule has 0 radical (unpaired) electrons. The van der Waals surface area contributed by atoms with Crippen LogP contribution in [0.5, 0.6) is 5.75 Å². The van der Waals surface area contributed by atoms with E-state index in [0.29, 0.717) is 24.4 Å². The molecule has 20 heavy (non-hydrogen) atoms. The summed E-state index contributed by atoms with van der Waals surface area (Å²) >= 11 is 1.57. The van der Waals surface area contributed by atoms with Crippen molar-refractivity contribution in [3.63, 3.8) is 0 Å². The molecule has 0 aliphatic carbocycles. The topological polar surface area (TPSA) is 57.4 Å². The number of rotatable bonds is 3. The number of aromatic nitrogens is 1. The van der Waals surface area contributed by atoms with Crippen LogP contribution in [0, 0.1) is 5.92 Å². The zero-order chi connectivity index (χ0) is 14.1. The fourth-order valence-electron chi connectivity index (χ4n) is 2.41. The second-order valence-electron chi connectivity index (χ2n) is 5.31. The van der Waals surface area contributed by atoms with Gasteiger partial charge in [-0.25, -0.2) is 4.98 Å². The molecule has 0 atom stereocenters. The highest BCUT2D eigenvalue weighted by Crippen LogP contribution is 2.38. The fourth-order valence-corrected chi connectivity index (χ4v) is 3.47. The van der Waals surface area contributed by atoms with Gasteiger partial charge in [0, 0.05) is 16.0 Å². The molecule has 106 valence electrons. The lowest BCUT2D eigenvalue weighted by atomic mass is 10.00. The van der Waals surface area contributed by atoms with Gasteiger partial charge < -0.3 is 15.2 Å². The second-order valence-corrected chi connectivity index (χ2v) is 6.43. The fraction of sp³-hybridized carbons (Fsp3) is 0.400. The average Bonchev–Trinajstić information content (AvgIpc) is 2.78. The molecule has 0 saturated carbocycles. The lowest BCUT2D eigenvalue weighted by Gasteiger charge is -2.20. The third-order valence-corrected chi connectivity index (χ3v) is 4.15. The van der Waals surface area contributed by atoms with E-state index in [-0.39, 0.29) is 0 Å². The maximum Gasteiger partial charge on any atom is 0.189 e. The first-order chi connectivity index (χ1) is 9.65. The first kappa shape index (κ1) is 13.4. The van der Waals surface area contributed by atoms with E-state index in [4.69, 9.17) is 15.2 Å². The van der Waals surface area contributed by atoms with Crippen LogP contribution in [0.15, 0.2) is 18.2 Å². The number of hydrogen-bond donors (Lipinski definition) is 1. The predicted molar refractivity (Wildman–Crippen MR) is 80.8 cm³/mol. The molecule has 1 aliphatic heterocycles. The van der Waals surface area contributed by atoms with E-state index in [1.807, 2.05) is 12.1 Å². The Bertz CT molecular complexity index is 622. The number of anilines is 1. The second kappa shape index (κ2) is 5.42. The van der Waals surface area contributed by atoms with Gasteiger partial charge in [-0.15, -0.1) is 11.3 Å². The van der Waals surface area contributed by atoms with Crippen molar-refractivity contribution in [2.45, 2.75) is 26.9 Å². The number of thiazole rings is 1. The van der Waals surface area contributed by atoms with Crippen LogP contribution in [-0.4, -0.2) is 11.8 Å². The molecule has 0 saturated heterocycles. The van der Waals surface area contributed by atoms with Crippen LogP contribution in [0.2, 0.25) is 0 Å². The molecular weight excluding hydrogens is 272 g/mol. The number of nitrogen functional groups attached to an aromatic ring is 1. The largest absolute Gasteiger partial charge is 0.467 e. The minimum absolute atomic E-state index is 0.314. The van der Waals surface area contributed by atoms with Crippen LogP contribution in [-0.2, 0) is 17.8 Å². The number of fused-ring (bicyclic) bond motifs is 1. The maximum absolute atomic E-state index is 5.91. The number of ether oxygens (including phenoxy) is 2. The summed E-state index contributed by atoms with van der Waals surface area (Å²) in [4.78, 5) is 5.76. The Morgan fingerprint density at radius 1 is 1.40 bits per heavy atom. The average molecular weight is 290 g/mol. The van der Waals surface area contributed by atoms with E-state index < -0.39 is 0 Å². The van der Waals surface area contributed by atoms with Crippen LogP contribution in [0.4, 0.5) is 5.13 Å². The van der Waals surface area contributed by atoms with Crippen LogP contribution in [0.1, 0.15) is 24.3 Å². The van der Waals surface area contributed by atoms with Gasteiger partial charge in [0.2, 0.25) is 0 Å². The molecule has 2 heterocycles. The summed E-state index contributed by atoms with van der Waals surface area (Å²) in [6.07, 6.45) is 0.982. The molecule has 1 aromatic heterocycles. The third kappa shape index (κ3) is 2.51. The Labute approximate surface area is 122 Å². The molecular formula is C15H18N2O2S. The van der Waals surface area contributed by atoms with E-state index in [1.165, 1.54) is 4.88 Å². The molecule has 2 aromatic rings. The normalized spacial score (nSPS) is 14.2. The van der Waals surface area contributed by atoms with Gasteiger partial charge in [-0.3, -0.25) is 0 Å². The minimum Gasteiger partial charge on any atom is -0.467 e. The molecule has 0 unspecified atom stereocenters. The van der Waals surface area contributed by atoms with Crippen molar-refractivity contribution in [1.29, 1.82) is 0 Å². The van der Waals surface area contributed by atoms with Crippen LogP contribution < -0.4 is 10.5 Å². The van der Waals surface area contributed by atoms with Crippen molar-refractivity contribution >= 4 is 16.5 Å². The van der Waals surface area contributed by atoms with Crippen molar-refractivity contribution in [3.8, 4) is 17.0 Å². The zero-order valence-electron chi connectivity index (χ0n) is 11.7. The number of hydrogen-bond acceptors (Lipinski definition) is 5. The highest BCUT2D eigenvalue weighted by Gasteiger charge is 2.20. The van der Waals surface area contributed by atoms with Crippen molar-refractivity contribution in [1.82, 2.24) is 4.98 Å². The summed E-state index contributed by atoms with van der Waals surface area (Å²) in [5.74, 6) is 1.46. The Morgan fingerprint density at radius 3 is 3.05 bits per heavy atom. The van der Waals surface area contributed by atoms with Gasteiger partial charge in [0.1, 0.15) is 5.75 Å².